The van der Waals surface area contributed by atoms with Gasteiger partial charge in [-0.3, -0.25) is 4.99 Å². The number of aliphatic imine (C=N–C) groups is 1. The van der Waals surface area contributed by atoms with Crippen molar-refractivity contribution in [1.29, 1.82) is 0 Å². The minimum atomic E-state index is 0.484. The molecule has 0 amide bonds. The molecule has 1 atom stereocenters. The normalized spacial score (nSPS) is 13.2. The van der Waals surface area contributed by atoms with Crippen molar-refractivity contribution in [2.75, 3.05) is 25.6 Å². The molecule has 1 aromatic carbocycles. The predicted octanol–water partition coefficient (Wildman–Crippen LogP) is 3.74. The van der Waals surface area contributed by atoms with Crippen molar-refractivity contribution in [1.82, 2.24) is 0 Å². The molecule has 0 aromatic heterocycles. The quantitative estimate of drug-likeness (QED) is 0.414. The van der Waals surface area contributed by atoms with Gasteiger partial charge in [-0.1, -0.05) is 26.0 Å². The van der Waals surface area contributed by atoms with E-state index >= 15 is 0 Å². The number of hydrogen-bond donors (Lipinski definition) is 2. The third kappa shape index (κ3) is 7.14. The van der Waals surface area contributed by atoms with Gasteiger partial charge in [-0.2, -0.15) is 0 Å². The van der Waals surface area contributed by atoms with Gasteiger partial charge in [0.25, 0.3) is 0 Å². The lowest BCUT2D eigenvalue weighted by Gasteiger charge is -2.10. The van der Waals surface area contributed by atoms with Gasteiger partial charge in [0.05, 0.1) is 0 Å². The summed E-state index contributed by atoms with van der Waals surface area (Å²) in [4.78, 5) is 4.33. The van der Waals surface area contributed by atoms with E-state index in [0.717, 1.165) is 44.5 Å². The number of methoxy groups -OCH3 is 1. The molecule has 3 N–H and O–H groups in total. The third-order valence-electron chi connectivity index (χ3n) is 3.65. The van der Waals surface area contributed by atoms with E-state index < -0.39 is 0 Å². The maximum absolute atomic E-state index is 5.88. The fourth-order valence-corrected chi connectivity index (χ4v) is 2.05. The predicted molar refractivity (Wildman–Crippen MR) is 91.0 cm³/mol. The molecule has 0 aliphatic rings. The zero-order valence-electron chi connectivity index (χ0n) is 13.6. The van der Waals surface area contributed by atoms with E-state index in [2.05, 4.69) is 48.4 Å². The van der Waals surface area contributed by atoms with Gasteiger partial charge >= 0.3 is 0 Å². The zero-order chi connectivity index (χ0) is 15.5. The Hall–Kier alpha value is -1.55. The van der Waals surface area contributed by atoms with Gasteiger partial charge in [-0.15, -0.1) is 0 Å². The monoisotopic (exact) mass is 291 g/mol. The minimum absolute atomic E-state index is 0.484. The summed E-state index contributed by atoms with van der Waals surface area (Å²) >= 11 is 0. The Balaban J connectivity index is 2.34. The smallest absolute Gasteiger partial charge is 0.193 e. The molecular formula is C17H29N3O. The van der Waals surface area contributed by atoms with Crippen molar-refractivity contribution in [3.05, 3.63) is 29.8 Å². The van der Waals surface area contributed by atoms with Crippen LogP contribution in [0.2, 0.25) is 0 Å². The maximum atomic E-state index is 5.88. The Bertz CT molecular complexity index is 415. The molecule has 21 heavy (non-hydrogen) atoms. The van der Waals surface area contributed by atoms with E-state index in [-0.39, 0.29) is 0 Å². The summed E-state index contributed by atoms with van der Waals surface area (Å²) in [6.07, 6.45) is 4.39. The second kappa shape index (κ2) is 10.2. The fraction of sp³-hybridized carbons (Fsp3) is 0.588. The number of ether oxygens (including phenoxy) is 1. The number of nitrogens with zero attached hydrogens (tertiary/aromatic N) is 1. The highest BCUT2D eigenvalue weighted by Crippen LogP contribution is 2.20. The lowest BCUT2D eigenvalue weighted by Crippen LogP contribution is -2.22. The second-order valence-corrected chi connectivity index (χ2v) is 5.38. The molecule has 118 valence electrons. The number of nitrogens with two attached hydrogens (primary N) is 1. The second-order valence-electron chi connectivity index (χ2n) is 5.38. The Morgan fingerprint density at radius 3 is 2.57 bits per heavy atom. The molecule has 4 nitrogen and oxygen atoms in total. The van der Waals surface area contributed by atoms with Crippen molar-refractivity contribution in [3.63, 3.8) is 0 Å². The molecule has 1 aromatic rings. The van der Waals surface area contributed by atoms with Crippen LogP contribution in [0, 0.1) is 0 Å². The zero-order valence-corrected chi connectivity index (χ0v) is 13.6. The van der Waals surface area contributed by atoms with Gasteiger partial charge in [0.15, 0.2) is 5.96 Å². The van der Waals surface area contributed by atoms with Gasteiger partial charge < -0.3 is 15.8 Å². The SMILES string of the molecule is CCC(C)c1ccc(NC(N)=NCCCCCOC)cc1. The largest absolute Gasteiger partial charge is 0.385 e. The van der Waals surface area contributed by atoms with Crippen LogP contribution in [0.5, 0.6) is 0 Å². The number of rotatable bonds is 9. The summed E-state index contributed by atoms with van der Waals surface area (Å²) in [6, 6.07) is 8.41. The van der Waals surface area contributed by atoms with E-state index in [9.17, 15) is 0 Å². The van der Waals surface area contributed by atoms with Crippen LogP contribution in [0.3, 0.4) is 0 Å². The Morgan fingerprint density at radius 1 is 1.24 bits per heavy atom. The number of unbranched alkanes of at least 4 members (excludes halogenated alkanes) is 2. The first-order chi connectivity index (χ1) is 10.2. The number of guanidine groups is 1. The molecule has 1 rings (SSSR count). The van der Waals surface area contributed by atoms with Gasteiger partial charge in [0.1, 0.15) is 0 Å². The molecule has 0 saturated carbocycles. The van der Waals surface area contributed by atoms with Gasteiger partial charge in [0.2, 0.25) is 0 Å². The lowest BCUT2D eigenvalue weighted by molar-refractivity contribution is 0.192. The summed E-state index contributed by atoms with van der Waals surface area (Å²) in [7, 11) is 1.73. The molecule has 0 aliphatic heterocycles. The summed E-state index contributed by atoms with van der Waals surface area (Å²) in [5, 5.41) is 3.13. The van der Waals surface area contributed by atoms with Crippen LogP contribution in [0.1, 0.15) is 51.0 Å². The molecule has 0 spiro atoms. The van der Waals surface area contributed by atoms with Gasteiger partial charge in [0, 0.05) is 25.9 Å². The minimum Gasteiger partial charge on any atom is -0.385 e. The van der Waals surface area contributed by atoms with Crippen LogP contribution in [0.15, 0.2) is 29.3 Å². The highest BCUT2D eigenvalue weighted by atomic mass is 16.5. The Labute approximate surface area is 128 Å². The number of hydrogen-bond acceptors (Lipinski definition) is 2. The van der Waals surface area contributed by atoms with E-state index in [1.54, 1.807) is 7.11 Å². The highest BCUT2D eigenvalue weighted by molar-refractivity contribution is 5.92. The van der Waals surface area contributed by atoms with E-state index in [1.807, 2.05) is 0 Å². The third-order valence-corrected chi connectivity index (χ3v) is 3.65. The van der Waals surface area contributed by atoms with Crippen molar-refractivity contribution in [2.45, 2.75) is 45.4 Å². The van der Waals surface area contributed by atoms with Gasteiger partial charge in [-0.25, -0.2) is 0 Å². The Kier molecular flexibility index (Phi) is 8.51. The number of anilines is 1. The summed E-state index contributed by atoms with van der Waals surface area (Å²) in [6.45, 7) is 6.02. The van der Waals surface area contributed by atoms with Crippen LogP contribution < -0.4 is 11.1 Å². The molecule has 1 unspecified atom stereocenters. The van der Waals surface area contributed by atoms with Gasteiger partial charge in [-0.05, 0) is 49.3 Å². The van der Waals surface area contributed by atoms with Crippen molar-refractivity contribution in [3.8, 4) is 0 Å². The average molecular weight is 291 g/mol. The van der Waals surface area contributed by atoms with E-state index in [0.29, 0.717) is 11.9 Å². The molecule has 0 bridgehead atoms. The van der Waals surface area contributed by atoms with Crippen LogP contribution >= 0.6 is 0 Å². The fourth-order valence-electron chi connectivity index (χ4n) is 2.05. The van der Waals surface area contributed by atoms with Crippen molar-refractivity contribution >= 4 is 11.6 Å². The van der Waals surface area contributed by atoms with Crippen LogP contribution in [0.25, 0.3) is 0 Å². The average Bonchev–Trinajstić information content (AvgIpc) is 2.50. The first-order valence-corrected chi connectivity index (χ1v) is 7.83. The number of nitrogens with one attached hydrogen (secondary N) is 1. The van der Waals surface area contributed by atoms with E-state index in [4.69, 9.17) is 10.5 Å². The maximum Gasteiger partial charge on any atom is 0.193 e. The highest BCUT2D eigenvalue weighted by Gasteiger charge is 2.02. The van der Waals surface area contributed by atoms with Crippen LogP contribution in [-0.4, -0.2) is 26.2 Å². The summed E-state index contributed by atoms with van der Waals surface area (Å²) in [5.41, 5.74) is 8.23. The molecule has 0 fully saturated rings. The topological polar surface area (TPSA) is 59.6 Å². The van der Waals surface area contributed by atoms with Crippen molar-refractivity contribution in [2.24, 2.45) is 10.7 Å². The first kappa shape index (κ1) is 17.5. The standard InChI is InChI=1S/C17H29N3O/c1-4-14(2)15-8-10-16(11-9-15)20-17(18)19-12-6-5-7-13-21-3/h8-11,14H,4-7,12-13H2,1-3H3,(H3,18,19,20). The number of benzene rings is 1. The first-order valence-electron chi connectivity index (χ1n) is 7.83. The molecule has 0 saturated heterocycles. The molecule has 4 heteroatoms. The molecule has 0 aliphatic carbocycles. The summed E-state index contributed by atoms with van der Waals surface area (Å²) < 4.78 is 5.01. The molecular weight excluding hydrogens is 262 g/mol. The molecule has 0 heterocycles. The summed E-state index contributed by atoms with van der Waals surface area (Å²) in [5.74, 6) is 1.08. The van der Waals surface area contributed by atoms with Crippen LogP contribution in [-0.2, 0) is 4.74 Å². The lowest BCUT2D eigenvalue weighted by atomic mass is 9.99. The van der Waals surface area contributed by atoms with Crippen molar-refractivity contribution < 1.29 is 4.74 Å². The molecule has 0 radical (unpaired) electrons. The Morgan fingerprint density at radius 2 is 1.95 bits per heavy atom. The van der Waals surface area contributed by atoms with E-state index in [1.165, 1.54) is 5.56 Å². The van der Waals surface area contributed by atoms with Crippen LogP contribution in [0.4, 0.5) is 5.69 Å².